The van der Waals surface area contributed by atoms with Gasteiger partial charge in [-0.1, -0.05) is 11.6 Å². The number of rotatable bonds is 1. The smallest absolute Gasteiger partial charge is 0.231 e. The number of halogens is 1. The molecule has 4 nitrogen and oxygen atoms in total. The number of benzene rings is 1. The molecule has 0 aromatic heterocycles. The molecule has 86 valence electrons. The van der Waals surface area contributed by atoms with E-state index < -0.39 is 0 Å². The maximum Gasteiger partial charge on any atom is 0.231 e. The molecule has 0 aliphatic carbocycles. The Morgan fingerprint density at radius 3 is 2.75 bits per heavy atom. The number of ether oxygens (including phenoxy) is 2. The molecule has 0 bridgehead atoms. The van der Waals surface area contributed by atoms with E-state index in [1.54, 1.807) is 0 Å². The minimum Gasteiger partial charge on any atom is -0.454 e. The topological polar surface area (TPSA) is 42.5 Å². The molecule has 2 N–H and O–H groups in total. The van der Waals surface area contributed by atoms with Crippen molar-refractivity contribution in [2.45, 2.75) is 6.04 Å². The van der Waals surface area contributed by atoms with Crippen LogP contribution in [0.2, 0.25) is 5.02 Å². The lowest BCUT2D eigenvalue weighted by atomic mass is 10.0. The van der Waals surface area contributed by atoms with Crippen molar-refractivity contribution in [3.63, 3.8) is 0 Å². The van der Waals surface area contributed by atoms with Crippen molar-refractivity contribution in [2.75, 3.05) is 26.4 Å². The first-order chi connectivity index (χ1) is 7.84. The Bertz CT molecular complexity index is 405. The summed E-state index contributed by atoms with van der Waals surface area (Å²) in [6.07, 6.45) is 0. The Labute approximate surface area is 98.9 Å². The normalized spacial score (nSPS) is 23.4. The molecule has 1 aromatic rings. The first-order valence-electron chi connectivity index (χ1n) is 5.38. The van der Waals surface area contributed by atoms with Crippen LogP contribution in [0.3, 0.4) is 0 Å². The molecule has 3 rings (SSSR count). The van der Waals surface area contributed by atoms with Crippen LogP contribution < -0.4 is 20.1 Å². The second-order valence-electron chi connectivity index (χ2n) is 3.94. The molecule has 1 saturated heterocycles. The average molecular weight is 241 g/mol. The highest BCUT2D eigenvalue weighted by Gasteiger charge is 2.22. The van der Waals surface area contributed by atoms with Gasteiger partial charge in [-0.25, -0.2) is 0 Å². The van der Waals surface area contributed by atoms with Crippen molar-refractivity contribution in [2.24, 2.45) is 0 Å². The van der Waals surface area contributed by atoms with E-state index in [0.717, 1.165) is 41.7 Å². The van der Waals surface area contributed by atoms with E-state index in [2.05, 4.69) is 10.6 Å². The second kappa shape index (κ2) is 4.13. The van der Waals surface area contributed by atoms with E-state index in [1.165, 1.54) is 0 Å². The Hall–Kier alpha value is -0.970. The van der Waals surface area contributed by atoms with E-state index in [-0.39, 0.29) is 12.8 Å². The fraction of sp³-hybridized carbons (Fsp3) is 0.455. The summed E-state index contributed by atoms with van der Waals surface area (Å²) in [5, 5.41) is 7.49. The summed E-state index contributed by atoms with van der Waals surface area (Å²) in [4.78, 5) is 0. The summed E-state index contributed by atoms with van der Waals surface area (Å²) in [5.74, 6) is 1.52. The molecule has 0 unspecified atom stereocenters. The van der Waals surface area contributed by atoms with Crippen LogP contribution in [0.5, 0.6) is 11.5 Å². The maximum atomic E-state index is 6.24. The quantitative estimate of drug-likeness (QED) is 0.777. The predicted molar refractivity (Wildman–Crippen MR) is 61.2 cm³/mol. The van der Waals surface area contributed by atoms with E-state index in [1.807, 2.05) is 12.1 Å². The Balaban J connectivity index is 1.94. The van der Waals surface area contributed by atoms with Gasteiger partial charge in [0, 0.05) is 36.8 Å². The lowest BCUT2D eigenvalue weighted by molar-refractivity contribution is 0.174. The van der Waals surface area contributed by atoms with Crippen LogP contribution in [0.4, 0.5) is 0 Å². The minimum atomic E-state index is 0.246. The van der Waals surface area contributed by atoms with Crippen LogP contribution in [0.1, 0.15) is 11.6 Å². The zero-order valence-corrected chi connectivity index (χ0v) is 9.51. The molecule has 5 heteroatoms. The highest BCUT2D eigenvalue weighted by molar-refractivity contribution is 6.31. The molecule has 0 spiro atoms. The standard InChI is InChI=1S/C11H13ClN2O2/c12-8-4-11-10(15-6-16-11)3-7(8)9-5-13-1-2-14-9/h3-4,9,13-14H,1-2,5-6H2/t9-/m1/s1. The monoisotopic (exact) mass is 240 g/mol. The fourth-order valence-electron chi connectivity index (χ4n) is 2.07. The van der Waals surface area contributed by atoms with E-state index in [4.69, 9.17) is 21.1 Å². The van der Waals surface area contributed by atoms with E-state index >= 15 is 0 Å². The summed E-state index contributed by atoms with van der Waals surface area (Å²) < 4.78 is 10.6. The SMILES string of the molecule is Clc1cc2c(cc1[C@H]1CNCCN1)OCO2. The third-order valence-electron chi connectivity index (χ3n) is 2.91. The predicted octanol–water partition coefficient (Wildman–Crippen LogP) is 1.30. The van der Waals surface area contributed by atoms with Crippen LogP contribution in [-0.4, -0.2) is 26.4 Å². The van der Waals surface area contributed by atoms with Crippen LogP contribution in [0, 0.1) is 0 Å². The van der Waals surface area contributed by atoms with Crippen LogP contribution >= 0.6 is 11.6 Å². The molecule has 1 fully saturated rings. The highest BCUT2D eigenvalue weighted by atomic mass is 35.5. The second-order valence-corrected chi connectivity index (χ2v) is 4.35. The third kappa shape index (κ3) is 1.73. The summed E-state index contributed by atoms with van der Waals surface area (Å²) in [6.45, 7) is 3.12. The molecule has 16 heavy (non-hydrogen) atoms. The summed E-state index contributed by atoms with van der Waals surface area (Å²) in [6, 6.07) is 4.04. The van der Waals surface area contributed by atoms with Gasteiger partial charge in [0.25, 0.3) is 0 Å². The van der Waals surface area contributed by atoms with Crippen molar-refractivity contribution in [1.82, 2.24) is 10.6 Å². The van der Waals surface area contributed by atoms with Gasteiger partial charge in [0.15, 0.2) is 11.5 Å². The molecule has 2 aliphatic heterocycles. The summed E-state index contributed by atoms with van der Waals surface area (Å²) in [5.41, 5.74) is 1.07. The number of piperazine rings is 1. The van der Waals surface area contributed by atoms with Gasteiger partial charge in [-0.3, -0.25) is 0 Å². The van der Waals surface area contributed by atoms with Gasteiger partial charge in [-0.05, 0) is 11.6 Å². The highest BCUT2D eigenvalue weighted by Crippen LogP contribution is 2.38. The lowest BCUT2D eigenvalue weighted by Crippen LogP contribution is -2.42. The minimum absolute atomic E-state index is 0.246. The van der Waals surface area contributed by atoms with E-state index in [9.17, 15) is 0 Å². The van der Waals surface area contributed by atoms with Gasteiger partial charge in [-0.2, -0.15) is 0 Å². The Kier molecular flexibility index (Phi) is 2.63. The zero-order valence-electron chi connectivity index (χ0n) is 8.75. The molecule has 0 amide bonds. The van der Waals surface area contributed by atoms with E-state index in [0.29, 0.717) is 0 Å². The number of hydrogen-bond acceptors (Lipinski definition) is 4. The summed E-state index contributed by atoms with van der Waals surface area (Å²) >= 11 is 6.24. The average Bonchev–Trinajstić information content (AvgIpc) is 2.76. The lowest BCUT2D eigenvalue weighted by Gasteiger charge is -2.25. The first-order valence-corrected chi connectivity index (χ1v) is 5.75. The molecular weight excluding hydrogens is 228 g/mol. The molecule has 0 saturated carbocycles. The van der Waals surface area contributed by atoms with Gasteiger partial charge >= 0.3 is 0 Å². The van der Waals surface area contributed by atoms with Crippen molar-refractivity contribution in [3.8, 4) is 11.5 Å². The van der Waals surface area contributed by atoms with Gasteiger partial charge in [0.2, 0.25) is 6.79 Å². The molecule has 2 aliphatic rings. The van der Waals surface area contributed by atoms with Crippen LogP contribution in [-0.2, 0) is 0 Å². The van der Waals surface area contributed by atoms with Gasteiger partial charge in [-0.15, -0.1) is 0 Å². The number of nitrogens with one attached hydrogen (secondary N) is 2. The van der Waals surface area contributed by atoms with Gasteiger partial charge < -0.3 is 20.1 Å². The van der Waals surface area contributed by atoms with Crippen LogP contribution in [0.25, 0.3) is 0 Å². The zero-order chi connectivity index (χ0) is 11.0. The molecule has 1 aromatic carbocycles. The molecular formula is C11H13ClN2O2. The fourth-order valence-corrected chi connectivity index (χ4v) is 2.36. The van der Waals surface area contributed by atoms with Gasteiger partial charge in [0.05, 0.1) is 0 Å². The van der Waals surface area contributed by atoms with Crippen molar-refractivity contribution in [1.29, 1.82) is 0 Å². The first kappa shape index (κ1) is 10.2. The van der Waals surface area contributed by atoms with Crippen molar-refractivity contribution >= 4 is 11.6 Å². The Morgan fingerprint density at radius 2 is 2.00 bits per heavy atom. The van der Waals surface area contributed by atoms with Crippen molar-refractivity contribution < 1.29 is 9.47 Å². The molecule has 1 atom stereocenters. The summed E-state index contributed by atoms with van der Waals surface area (Å²) in [7, 11) is 0. The Morgan fingerprint density at radius 1 is 1.19 bits per heavy atom. The van der Waals surface area contributed by atoms with Gasteiger partial charge in [0.1, 0.15) is 0 Å². The van der Waals surface area contributed by atoms with Crippen LogP contribution in [0.15, 0.2) is 12.1 Å². The number of fused-ring (bicyclic) bond motifs is 1. The molecule has 0 radical (unpaired) electrons. The third-order valence-corrected chi connectivity index (χ3v) is 3.24. The largest absolute Gasteiger partial charge is 0.454 e. The molecule has 2 heterocycles. The maximum absolute atomic E-state index is 6.24. The number of hydrogen-bond donors (Lipinski definition) is 2. The van der Waals surface area contributed by atoms with Crippen molar-refractivity contribution in [3.05, 3.63) is 22.7 Å².